The summed E-state index contributed by atoms with van der Waals surface area (Å²) >= 11 is 0. The van der Waals surface area contributed by atoms with Gasteiger partial charge in [-0.05, 0) is 5.56 Å². The molecule has 2 atom stereocenters. The van der Waals surface area contributed by atoms with Crippen LogP contribution in [0.2, 0.25) is 0 Å². The van der Waals surface area contributed by atoms with Crippen molar-refractivity contribution in [3.05, 3.63) is 66.0 Å². The minimum atomic E-state index is -0.150. The Morgan fingerprint density at radius 2 is 1.84 bits per heavy atom. The lowest BCUT2D eigenvalue weighted by Gasteiger charge is -2.33. The first kappa shape index (κ1) is 11.8. The van der Waals surface area contributed by atoms with E-state index in [9.17, 15) is 4.79 Å². The Bertz CT molecular complexity index is 584. The molecule has 1 heterocycles. The van der Waals surface area contributed by atoms with Crippen LogP contribution in [0.3, 0.4) is 0 Å². The highest BCUT2D eigenvalue weighted by atomic mass is 16.5. The largest absolute Gasteiger partial charge is 0.491 e. The first-order chi connectivity index (χ1) is 9.31. The van der Waals surface area contributed by atoms with E-state index in [1.54, 1.807) is 7.11 Å². The first-order valence-corrected chi connectivity index (χ1v) is 6.30. The van der Waals surface area contributed by atoms with Gasteiger partial charge >= 0.3 is 0 Å². The third kappa shape index (κ3) is 1.97. The fraction of sp³-hybridized carbons (Fsp3) is 0.188. The van der Waals surface area contributed by atoms with E-state index >= 15 is 0 Å². The maximum Gasteiger partial charge on any atom is 0.287 e. The van der Waals surface area contributed by atoms with Crippen molar-refractivity contribution in [2.24, 2.45) is 5.92 Å². The Hall–Kier alpha value is -2.29. The Labute approximate surface area is 112 Å². The molecule has 3 rings (SSSR count). The van der Waals surface area contributed by atoms with Crippen LogP contribution in [-0.4, -0.2) is 19.1 Å². The van der Waals surface area contributed by atoms with Gasteiger partial charge in [-0.2, -0.15) is 0 Å². The summed E-state index contributed by atoms with van der Waals surface area (Å²) in [5.41, 5.74) is 1.99. The van der Waals surface area contributed by atoms with E-state index in [0.717, 1.165) is 11.1 Å². The maximum atomic E-state index is 12.1. The molecule has 0 bridgehead atoms. The van der Waals surface area contributed by atoms with Crippen molar-refractivity contribution in [2.45, 2.75) is 6.04 Å². The fourth-order valence-corrected chi connectivity index (χ4v) is 2.66. The Morgan fingerprint density at radius 1 is 1.11 bits per heavy atom. The van der Waals surface area contributed by atoms with Crippen molar-refractivity contribution in [3.63, 3.8) is 0 Å². The van der Waals surface area contributed by atoms with Crippen molar-refractivity contribution in [2.75, 3.05) is 7.11 Å². The molecule has 3 nitrogen and oxygen atoms in total. The summed E-state index contributed by atoms with van der Waals surface area (Å²) in [5, 5.41) is 2.96. The van der Waals surface area contributed by atoms with E-state index in [-0.39, 0.29) is 17.9 Å². The molecule has 1 aliphatic heterocycles. The zero-order valence-electron chi connectivity index (χ0n) is 10.7. The molecule has 0 saturated heterocycles. The van der Waals surface area contributed by atoms with Gasteiger partial charge in [0.25, 0.3) is 5.91 Å². The predicted octanol–water partition coefficient (Wildman–Crippen LogP) is 2.28. The molecule has 1 N–H and O–H groups in total. The van der Waals surface area contributed by atoms with Gasteiger partial charge in [0, 0.05) is 11.5 Å². The molecule has 96 valence electrons. The molecular formula is C16H15NO2. The zero-order valence-corrected chi connectivity index (χ0v) is 10.7. The van der Waals surface area contributed by atoms with Gasteiger partial charge < -0.3 is 10.1 Å². The number of carbonyl (C=O) groups excluding carboxylic acids is 1. The molecule has 0 spiro atoms. The number of amides is 1. The molecule has 19 heavy (non-hydrogen) atoms. The number of ether oxygens (including phenoxy) is 1. The van der Waals surface area contributed by atoms with Gasteiger partial charge in [0.05, 0.1) is 13.2 Å². The summed E-state index contributed by atoms with van der Waals surface area (Å²) in [6, 6.07) is 9.94. The third-order valence-corrected chi connectivity index (χ3v) is 3.51. The summed E-state index contributed by atoms with van der Waals surface area (Å²) in [6.45, 7) is 0. The van der Waals surface area contributed by atoms with Crippen LogP contribution in [-0.2, 0) is 9.53 Å². The van der Waals surface area contributed by atoms with E-state index < -0.39 is 0 Å². The number of rotatable bonds is 2. The predicted molar refractivity (Wildman–Crippen MR) is 74.1 cm³/mol. The second-order valence-electron chi connectivity index (χ2n) is 4.61. The topological polar surface area (TPSA) is 38.3 Å². The van der Waals surface area contributed by atoms with Gasteiger partial charge in [0.15, 0.2) is 5.76 Å². The molecule has 0 fully saturated rings. The molecule has 0 radical (unpaired) electrons. The number of nitrogens with one attached hydrogen (secondary N) is 1. The average Bonchev–Trinajstić information content (AvgIpc) is 2.46. The standard InChI is InChI=1S/C16H15NO2/c1-19-15-14(11-7-3-2-4-8-11)12-9-5-6-10-13(12)17-16(15)18/h2-10,12-13H,1H3,(H,17,18). The highest BCUT2D eigenvalue weighted by Crippen LogP contribution is 2.35. The van der Waals surface area contributed by atoms with Crippen molar-refractivity contribution in [3.8, 4) is 0 Å². The van der Waals surface area contributed by atoms with Crippen molar-refractivity contribution >= 4 is 11.5 Å². The summed E-state index contributed by atoms with van der Waals surface area (Å²) in [4.78, 5) is 12.1. The lowest BCUT2D eigenvalue weighted by molar-refractivity contribution is -0.121. The molecule has 3 heteroatoms. The minimum Gasteiger partial charge on any atom is -0.491 e. The van der Waals surface area contributed by atoms with Gasteiger partial charge in [0.1, 0.15) is 0 Å². The first-order valence-electron chi connectivity index (χ1n) is 6.30. The molecular weight excluding hydrogens is 238 g/mol. The molecule has 1 aliphatic carbocycles. The Balaban J connectivity index is 2.16. The van der Waals surface area contributed by atoms with E-state index in [4.69, 9.17) is 4.74 Å². The molecule has 0 saturated carbocycles. The van der Waals surface area contributed by atoms with Gasteiger partial charge in [-0.3, -0.25) is 4.79 Å². The number of fused-ring (bicyclic) bond motifs is 1. The van der Waals surface area contributed by atoms with Gasteiger partial charge in [-0.15, -0.1) is 0 Å². The second kappa shape index (κ2) is 4.76. The maximum absolute atomic E-state index is 12.1. The van der Waals surface area contributed by atoms with Crippen LogP contribution >= 0.6 is 0 Å². The molecule has 1 amide bonds. The Kier molecular flexibility index (Phi) is 2.95. The van der Waals surface area contributed by atoms with Crippen LogP contribution in [0.4, 0.5) is 0 Å². The Morgan fingerprint density at radius 3 is 2.58 bits per heavy atom. The fourth-order valence-electron chi connectivity index (χ4n) is 2.66. The van der Waals surface area contributed by atoms with Crippen LogP contribution in [0, 0.1) is 5.92 Å². The van der Waals surface area contributed by atoms with Crippen molar-refractivity contribution < 1.29 is 9.53 Å². The lowest BCUT2D eigenvalue weighted by Crippen LogP contribution is -2.45. The normalized spacial score (nSPS) is 25.0. The van der Waals surface area contributed by atoms with E-state index in [2.05, 4.69) is 11.4 Å². The highest BCUT2D eigenvalue weighted by molar-refractivity contribution is 6.02. The number of methoxy groups -OCH3 is 1. The smallest absolute Gasteiger partial charge is 0.287 e. The second-order valence-corrected chi connectivity index (χ2v) is 4.61. The van der Waals surface area contributed by atoms with Crippen LogP contribution in [0.25, 0.3) is 5.57 Å². The van der Waals surface area contributed by atoms with E-state index in [1.807, 2.05) is 48.6 Å². The summed E-state index contributed by atoms with van der Waals surface area (Å²) in [7, 11) is 1.54. The zero-order chi connectivity index (χ0) is 13.2. The summed E-state index contributed by atoms with van der Waals surface area (Å²) in [6.07, 6.45) is 8.08. The molecule has 2 aliphatic rings. The molecule has 1 aromatic carbocycles. The van der Waals surface area contributed by atoms with E-state index in [0.29, 0.717) is 5.76 Å². The van der Waals surface area contributed by atoms with Crippen LogP contribution in [0.5, 0.6) is 0 Å². The third-order valence-electron chi connectivity index (χ3n) is 3.51. The van der Waals surface area contributed by atoms with Gasteiger partial charge in [-0.25, -0.2) is 0 Å². The van der Waals surface area contributed by atoms with Crippen LogP contribution in [0.1, 0.15) is 5.56 Å². The van der Waals surface area contributed by atoms with Crippen molar-refractivity contribution in [1.29, 1.82) is 0 Å². The summed E-state index contributed by atoms with van der Waals surface area (Å²) in [5.74, 6) is 0.384. The molecule has 1 aromatic rings. The number of allylic oxidation sites excluding steroid dienone is 2. The minimum absolute atomic E-state index is 0.00612. The number of hydrogen-bond donors (Lipinski definition) is 1. The number of hydrogen-bond acceptors (Lipinski definition) is 2. The molecule has 0 aromatic heterocycles. The van der Waals surface area contributed by atoms with Crippen LogP contribution < -0.4 is 5.32 Å². The SMILES string of the molecule is COC1=C(c2ccccc2)C2C=CC=CC2NC1=O. The summed E-state index contributed by atoms with van der Waals surface area (Å²) < 4.78 is 5.33. The van der Waals surface area contributed by atoms with Crippen LogP contribution in [0.15, 0.2) is 60.4 Å². The highest BCUT2D eigenvalue weighted by Gasteiger charge is 2.35. The lowest BCUT2D eigenvalue weighted by atomic mass is 9.81. The van der Waals surface area contributed by atoms with Gasteiger partial charge in [0.2, 0.25) is 0 Å². The van der Waals surface area contributed by atoms with Gasteiger partial charge in [-0.1, -0.05) is 54.6 Å². The quantitative estimate of drug-likeness (QED) is 0.878. The van der Waals surface area contributed by atoms with E-state index in [1.165, 1.54) is 0 Å². The monoisotopic (exact) mass is 253 g/mol. The molecule has 2 unspecified atom stereocenters. The average molecular weight is 253 g/mol. The number of benzene rings is 1. The van der Waals surface area contributed by atoms with Crippen molar-refractivity contribution in [1.82, 2.24) is 5.32 Å². The number of carbonyl (C=O) groups is 1.